The average molecular weight is 528 g/mol. The molecule has 1 amide bonds. The van der Waals surface area contributed by atoms with E-state index >= 15 is 0 Å². The highest BCUT2D eigenvalue weighted by Gasteiger charge is 2.23. The van der Waals surface area contributed by atoms with Gasteiger partial charge in [-0.3, -0.25) is 4.79 Å². The molecular formula is C32H30FNO5. The van der Waals surface area contributed by atoms with Gasteiger partial charge in [-0.05, 0) is 46.5 Å². The third-order valence-corrected chi connectivity index (χ3v) is 6.00. The van der Waals surface area contributed by atoms with Gasteiger partial charge >= 0.3 is 5.97 Å². The first-order valence-electron chi connectivity index (χ1n) is 12.6. The van der Waals surface area contributed by atoms with Gasteiger partial charge in [0, 0.05) is 6.42 Å². The van der Waals surface area contributed by atoms with Crippen molar-refractivity contribution in [2.45, 2.75) is 32.1 Å². The molecule has 6 nitrogen and oxygen atoms in total. The number of amides is 1. The number of hydrogen-bond acceptors (Lipinski definition) is 5. The number of ether oxygens (including phenoxy) is 3. The lowest BCUT2D eigenvalue weighted by Crippen LogP contribution is -2.43. The number of hydrogen-bond donors (Lipinski definition) is 1. The first kappa shape index (κ1) is 27.4. The smallest absolute Gasteiger partial charge is 0.328 e. The van der Waals surface area contributed by atoms with Crippen molar-refractivity contribution in [2.24, 2.45) is 0 Å². The van der Waals surface area contributed by atoms with Gasteiger partial charge in [-0.2, -0.15) is 0 Å². The van der Waals surface area contributed by atoms with Gasteiger partial charge in [-0.25, -0.2) is 9.18 Å². The van der Waals surface area contributed by atoms with Crippen LogP contribution in [0, 0.1) is 5.82 Å². The summed E-state index contributed by atoms with van der Waals surface area (Å²) in [5, 5.41) is 2.71. The fourth-order valence-electron chi connectivity index (χ4n) is 4.03. The molecule has 200 valence electrons. The van der Waals surface area contributed by atoms with Gasteiger partial charge in [0.05, 0.1) is 13.5 Å². The van der Waals surface area contributed by atoms with Crippen molar-refractivity contribution < 1.29 is 28.2 Å². The lowest BCUT2D eigenvalue weighted by molar-refractivity contribution is -0.145. The lowest BCUT2D eigenvalue weighted by Gasteiger charge is -2.19. The molecule has 0 aliphatic rings. The van der Waals surface area contributed by atoms with Crippen LogP contribution in [0.4, 0.5) is 4.39 Å². The first-order valence-corrected chi connectivity index (χ1v) is 12.6. The van der Waals surface area contributed by atoms with E-state index in [2.05, 4.69) is 5.32 Å². The molecule has 0 spiro atoms. The zero-order valence-corrected chi connectivity index (χ0v) is 21.6. The fraction of sp³-hybridized carbons (Fsp3) is 0.188. The van der Waals surface area contributed by atoms with E-state index in [0.717, 1.165) is 16.7 Å². The van der Waals surface area contributed by atoms with Crippen molar-refractivity contribution in [3.63, 3.8) is 0 Å². The Morgan fingerprint density at radius 3 is 1.95 bits per heavy atom. The van der Waals surface area contributed by atoms with Crippen molar-refractivity contribution in [3.8, 4) is 11.5 Å². The largest absolute Gasteiger partial charge is 0.485 e. The molecule has 1 N–H and O–H groups in total. The number of methoxy groups -OCH3 is 1. The number of halogens is 1. The fourth-order valence-corrected chi connectivity index (χ4v) is 4.03. The van der Waals surface area contributed by atoms with Crippen LogP contribution in [0.1, 0.15) is 22.3 Å². The maximum Gasteiger partial charge on any atom is 0.328 e. The number of benzene rings is 4. The number of esters is 1. The van der Waals surface area contributed by atoms with Gasteiger partial charge in [-0.1, -0.05) is 78.9 Å². The maximum absolute atomic E-state index is 13.5. The number of nitrogens with one attached hydrogen (secondary N) is 1. The molecule has 4 aromatic rings. The van der Waals surface area contributed by atoms with Crippen LogP contribution in [0.2, 0.25) is 0 Å². The second-order valence-corrected chi connectivity index (χ2v) is 8.98. The molecule has 0 saturated carbocycles. The Labute approximate surface area is 227 Å². The Hall–Kier alpha value is -4.65. The minimum absolute atomic E-state index is 0.0665. The second kappa shape index (κ2) is 13.8. The molecular weight excluding hydrogens is 497 g/mol. The summed E-state index contributed by atoms with van der Waals surface area (Å²) < 4.78 is 30.6. The molecule has 0 saturated heterocycles. The van der Waals surface area contributed by atoms with Gasteiger partial charge in [0.1, 0.15) is 25.1 Å². The predicted molar refractivity (Wildman–Crippen MR) is 146 cm³/mol. The van der Waals surface area contributed by atoms with Crippen molar-refractivity contribution in [1.29, 1.82) is 0 Å². The van der Waals surface area contributed by atoms with Gasteiger partial charge in [-0.15, -0.1) is 0 Å². The number of rotatable bonds is 12. The van der Waals surface area contributed by atoms with Crippen LogP contribution in [-0.2, 0) is 40.4 Å². The SMILES string of the molecule is COC(=O)[C@H](Cc1ccc(OCc2ccccc2)c(OCc2ccccc2)c1)NC(=O)Cc1cccc(F)c1. The minimum atomic E-state index is -0.936. The van der Waals surface area contributed by atoms with Crippen molar-refractivity contribution in [3.05, 3.63) is 131 Å². The predicted octanol–water partition coefficient (Wildman–Crippen LogP) is 5.43. The van der Waals surface area contributed by atoms with Crippen molar-refractivity contribution >= 4 is 11.9 Å². The van der Waals surface area contributed by atoms with Gasteiger partial charge in [0.2, 0.25) is 5.91 Å². The third kappa shape index (κ3) is 8.43. The molecule has 0 aromatic heterocycles. The third-order valence-electron chi connectivity index (χ3n) is 6.00. The summed E-state index contributed by atoms with van der Waals surface area (Å²) >= 11 is 0. The number of carbonyl (C=O) groups excluding carboxylic acids is 2. The Balaban J connectivity index is 1.50. The monoisotopic (exact) mass is 527 g/mol. The highest BCUT2D eigenvalue weighted by atomic mass is 19.1. The van der Waals surface area contributed by atoms with Gasteiger partial charge < -0.3 is 19.5 Å². The Bertz CT molecular complexity index is 1380. The van der Waals surface area contributed by atoms with E-state index < -0.39 is 23.7 Å². The van der Waals surface area contributed by atoms with Crippen LogP contribution in [0.25, 0.3) is 0 Å². The van der Waals surface area contributed by atoms with Gasteiger partial charge in [0.15, 0.2) is 11.5 Å². The summed E-state index contributed by atoms with van der Waals surface area (Å²) in [4.78, 5) is 25.2. The molecule has 0 bridgehead atoms. The summed E-state index contributed by atoms with van der Waals surface area (Å²) in [6, 6.07) is 29.8. The average Bonchev–Trinajstić information content (AvgIpc) is 2.96. The molecule has 0 heterocycles. The quantitative estimate of drug-likeness (QED) is 0.249. The summed E-state index contributed by atoms with van der Waals surface area (Å²) in [6.07, 6.45) is 0.102. The van der Waals surface area contributed by atoms with Crippen molar-refractivity contribution in [2.75, 3.05) is 7.11 Å². The highest BCUT2D eigenvalue weighted by Crippen LogP contribution is 2.30. The van der Waals surface area contributed by atoms with Crippen molar-refractivity contribution in [1.82, 2.24) is 5.32 Å². The normalized spacial score (nSPS) is 11.3. The Morgan fingerprint density at radius 2 is 1.33 bits per heavy atom. The molecule has 0 aliphatic carbocycles. The summed E-state index contributed by atoms with van der Waals surface area (Å²) in [5.74, 6) is -0.356. The minimum Gasteiger partial charge on any atom is -0.485 e. The summed E-state index contributed by atoms with van der Waals surface area (Å²) in [6.45, 7) is 0.694. The van der Waals surface area contributed by atoms with E-state index in [1.807, 2.05) is 66.7 Å². The van der Waals surface area contributed by atoms with E-state index in [4.69, 9.17) is 14.2 Å². The van der Waals surface area contributed by atoms with Crippen LogP contribution in [0.5, 0.6) is 11.5 Å². The molecule has 0 fully saturated rings. The molecule has 0 aliphatic heterocycles. The lowest BCUT2D eigenvalue weighted by atomic mass is 10.0. The maximum atomic E-state index is 13.5. The Morgan fingerprint density at radius 1 is 0.718 bits per heavy atom. The van der Waals surface area contributed by atoms with Gasteiger partial charge in [0.25, 0.3) is 0 Å². The zero-order chi connectivity index (χ0) is 27.5. The Kier molecular flexibility index (Phi) is 9.67. The molecule has 0 unspecified atom stereocenters. The second-order valence-electron chi connectivity index (χ2n) is 8.98. The molecule has 39 heavy (non-hydrogen) atoms. The molecule has 4 aromatic carbocycles. The molecule has 7 heteroatoms. The van der Waals surface area contributed by atoms with E-state index in [0.29, 0.717) is 30.3 Å². The zero-order valence-electron chi connectivity index (χ0n) is 21.6. The number of carbonyl (C=O) groups is 2. The highest BCUT2D eigenvalue weighted by molar-refractivity contribution is 5.85. The van der Waals surface area contributed by atoms with E-state index in [9.17, 15) is 14.0 Å². The van der Waals surface area contributed by atoms with E-state index in [-0.39, 0.29) is 12.8 Å². The molecule has 1 atom stereocenters. The standard InChI is InChI=1S/C32H30FNO5/c1-37-32(36)28(34-31(35)20-25-13-8-14-27(33)17-25)18-26-15-16-29(38-21-23-9-4-2-5-10-23)30(19-26)39-22-24-11-6-3-7-12-24/h2-17,19,28H,18,20-22H2,1H3,(H,34,35)/t28-/m0/s1. The van der Waals surface area contributed by atoms with Crippen LogP contribution < -0.4 is 14.8 Å². The topological polar surface area (TPSA) is 73.9 Å². The first-order chi connectivity index (χ1) is 19.0. The van der Waals surface area contributed by atoms with Crippen LogP contribution in [-0.4, -0.2) is 25.0 Å². The van der Waals surface area contributed by atoms with E-state index in [1.165, 1.54) is 25.3 Å². The van der Waals surface area contributed by atoms with Crippen LogP contribution in [0.3, 0.4) is 0 Å². The van der Waals surface area contributed by atoms with Crippen LogP contribution in [0.15, 0.2) is 103 Å². The van der Waals surface area contributed by atoms with E-state index in [1.54, 1.807) is 18.2 Å². The van der Waals surface area contributed by atoms with Crippen LogP contribution >= 0.6 is 0 Å². The summed E-state index contributed by atoms with van der Waals surface area (Å²) in [7, 11) is 1.27. The summed E-state index contributed by atoms with van der Waals surface area (Å²) in [5.41, 5.74) is 3.26. The molecule has 0 radical (unpaired) electrons. The molecule has 4 rings (SSSR count).